The number of nitrogens with one attached hydrogen (secondary N) is 1. The summed E-state index contributed by atoms with van der Waals surface area (Å²) in [6.07, 6.45) is 1.56. The van der Waals surface area contributed by atoms with Gasteiger partial charge in [0.2, 0.25) is 11.8 Å². The van der Waals surface area contributed by atoms with Gasteiger partial charge in [0.05, 0.1) is 37.6 Å². The molecular formula is C12H17N3O3. The summed E-state index contributed by atoms with van der Waals surface area (Å²) >= 11 is 0. The first-order chi connectivity index (χ1) is 8.70. The molecule has 1 aromatic heterocycles. The Morgan fingerprint density at radius 1 is 1.61 bits per heavy atom. The van der Waals surface area contributed by atoms with Crippen LogP contribution in [-0.2, 0) is 9.53 Å². The number of carbonyl (C=O) groups is 1. The van der Waals surface area contributed by atoms with Crippen LogP contribution in [0.2, 0.25) is 0 Å². The molecule has 0 aliphatic carbocycles. The molecule has 98 valence electrons. The minimum Gasteiger partial charge on any atom is -0.478 e. The summed E-state index contributed by atoms with van der Waals surface area (Å²) in [4.78, 5) is 16.0. The van der Waals surface area contributed by atoms with Crippen LogP contribution in [0.15, 0.2) is 18.3 Å². The van der Waals surface area contributed by atoms with Crippen LogP contribution in [0.5, 0.6) is 5.88 Å². The molecule has 1 aromatic rings. The highest BCUT2D eigenvalue weighted by Crippen LogP contribution is 2.16. The molecule has 2 heterocycles. The standard InChI is InChI=1S/C12H17N3O3/c1-2-18-11-4-3-8(5-14-11)15-12(16)9-6-17-7-10(9)13/h3-5,9-10H,2,6-7,13H2,1H3,(H,15,16). The first kappa shape index (κ1) is 12.8. The fraction of sp³-hybridized carbons (Fsp3) is 0.500. The molecule has 0 bridgehead atoms. The second-order valence-electron chi connectivity index (χ2n) is 4.12. The molecule has 6 heteroatoms. The molecule has 0 spiro atoms. The van der Waals surface area contributed by atoms with Crippen molar-refractivity contribution < 1.29 is 14.3 Å². The zero-order chi connectivity index (χ0) is 13.0. The molecule has 2 unspecified atom stereocenters. The zero-order valence-electron chi connectivity index (χ0n) is 10.3. The van der Waals surface area contributed by atoms with Crippen molar-refractivity contribution in [2.45, 2.75) is 13.0 Å². The minimum absolute atomic E-state index is 0.133. The van der Waals surface area contributed by atoms with E-state index in [9.17, 15) is 4.79 Å². The molecule has 6 nitrogen and oxygen atoms in total. The first-order valence-electron chi connectivity index (χ1n) is 5.93. The Labute approximate surface area is 105 Å². The number of nitrogens with two attached hydrogens (primary N) is 1. The maximum atomic E-state index is 11.9. The van der Waals surface area contributed by atoms with Gasteiger partial charge in [-0.15, -0.1) is 0 Å². The topological polar surface area (TPSA) is 86.5 Å². The summed E-state index contributed by atoms with van der Waals surface area (Å²) in [6.45, 7) is 3.25. The van der Waals surface area contributed by atoms with Crippen LogP contribution in [0, 0.1) is 5.92 Å². The van der Waals surface area contributed by atoms with Crippen LogP contribution in [0.1, 0.15) is 6.92 Å². The Bertz CT molecular complexity index is 408. The number of hydrogen-bond acceptors (Lipinski definition) is 5. The van der Waals surface area contributed by atoms with Gasteiger partial charge in [0, 0.05) is 12.1 Å². The van der Waals surface area contributed by atoms with E-state index in [0.717, 1.165) is 0 Å². The fourth-order valence-corrected chi connectivity index (χ4v) is 1.76. The van der Waals surface area contributed by atoms with E-state index < -0.39 is 0 Å². The second kappa shape index (κ2) is 5.79. The summed E-state index contributed by atoms with van der Waals surface area (Å²) < 4.78 is 10.4. The van der Waals surface area contributed by atoms with E-state index in [1.807, 2.05) is 6.92 Å². The van der Waals surface area contributed by atoms with Gasteiger partial charge < -0.3 is 20.5 Å². The van der Waals surface area contributed by atoms with Gasteiger partial charge in [-0.1, -0.05) is 0 Å². The highest BCUT2D eigenvalue weighted by atomic mass is 16.5. The van der Waals surface area contributed by atoms with Gasteiger partial charge in [0.15, 0.2) is 0 Å². The number of nitrogens with zero attached hydrogens (tertiary/aromatic N) is 1. The maximum Gasteiger partial charge on any atom is 0.231 e. The lowest BCUT2D eigenvalue weighted by atomic mass is 10.0. The number of aromatic nitrogens is 1. The lowest BCUT2D eigenvalue weighted by Crippen LogP contribution is -2.37. The van der Waals surface area contributed by atoms with Crippen molar-refractivity contribution in [2.75, 3.05) is 25.1 Å². The average Bonchev–Trinajstić information content (AvgIpc) is 2.78. The fourth-order valence-electron chi connectivity index (χ4n) is 1.76. The van der Waals surface area contributed by atoms with E-state index in [-0.39, 0.29) is 17.9 Å². The predicted octanol–water partition coefficient (Wildman–Crippen LogP) is 0.392. The largest absolute Gasteiger partial charge is 0.478 e. The van der Waals surface area contributed by atoms with Crippen LogP contribution in [0.25, 0.3) is 0 Å². The summed E-state index contributed by atoms with van der Waals surface area (Å²) in [5.41, 5.74) is 6.40. The third-order valence-electron chi connectivity index (χ3n) is 2.76. The van der Waals surface area contributed by atoms with Gasteiger partial charge in [-0.2, -0.15) is 0 Å². The summed E-state index contributed by atoms with van der Waals surface area (Å²) in [6, 6.07) is 3.22. The Morgan fingerprint density at radius 2 is 2.44 bits per heavy atom. The average molecular weight is 251 g/mol. The molecule has 0 radical (unpaired) electrons. The molecule has 1 fully saturated rings. The molecule has 1 aliphatic rings. The molecule has 1 aliphatic heterocycles. The minimum atomic E-state index is -0.295. The van der Waals surface area contributed by atoms with Crippen molar-refractivity contribution in [2.24, 2.45) is 11.7 Å². The number of carbonyl (C=O) groups excluding carboxylic acids is 1. The van der Waals surface area contributed by atoms with Crippen molar-refractivity contribution >= 4 is 11.6 Å². The molecule has 0 saturated carbocycles. The number of rotatable bonds is 4. The molecule has 0 aromatic carbocycles. The zero-order valence-corrected chi connectivity index (χ0v) is 10.3. The van der Waals surface area contributed by atoms with Gasteiger partial charge >= 0.3 is 0 Å². The van der Waals surface area contributed by atoms with E-state index in [4.69, 9.17) is 15.2 Å². The SMILES string of the molecule is CCOc1ccc(NC(=O)C2COCC2N)cn1. The van der Waals surface area contributed by atoms with E-state index in [1.54, 1.807) is 18.3 Å². The molecule has 2 rings (SSSR count). The summed E-state index contributed by atoms with van der Waals surface area (Å²) in [7, 11) is 0. The van der Waals surface area contributed by atoms with E-state index in [0.29, 0.717) is 31.4 Å². The Balaban J connectivity index is 1.94. The number of hydrogen-bond donors (Lipinski definition) is 2. The van der Waals surface area contributed by atoms with Crippen LogP contribution in [0.4, 0.5) is 5.69 Å². The number of pyridine rings is 1. The number of anilines is 1. The number of ether oxygens (including phenoxy) is 2. The smallest absolute Gasteiger partial charge is 0.231 e. The molecule has 2 atom stereocenters. The first-order valence-corrected chi connectivity index (χ1v) is 5.93. The van der Waals surface area contributed by atoms with Crippen molar-refractivity contribution in [3.8, 4) is 5.88 Å². The van der Waals surface area contributed by atoms with Gasteiger partial charge in [0.1, 0.15) is 0 Å². The summed E-state index contributed by atoms with van der Waals surface area (Å²) in [5.74, 6) is 0.110. The summed E-state index contributed by atoms with van der Waals surface area (Å²) in [5, 5.41) is 2.77. The Hall–Kier alpha value is -1.66. The second-order valence-corrected chi connectivity index (χ2v) is 4.12. The normalized spacial score (nSPS) is 22.8. The van der Waals surface area contributed by atoms with Crippen LogP contribution < -0.4 is 15.8 Å². The van der Waals surface area contributed by atoms with Crippen molar-refractivity contribution in [3.05, 3.63) is 18.3 Å². The predicted molar refractivity (Wildman–Crippen MR) is 66.3 cm³/mol. The molecular weight excluding hydrogens is 234 g/mol. The lowest BCUT2D eigenvalue weighted by Gasteiger charge is -2.13. The van der Waals surface area contributed by atoms with Crippen LogP contribution >= 0.6 is 0 Å². The molecule has 3 N–H and O–H groups in total. The molecule has 18 heavy (non-hydrogen) atoms. The van der Waals surface area contributed by atoms with Crippen molar-refractivity contribution in [1.29, 1.82) is 0 Å². The Morgan fingerprint density at radius 3 is 3.00 bits per heavy atom. The van der Waals surface area contributed by atoms with E-state index in [2.05, 4.69) is 10.3 Å². The highest BCUT2D eigenvalue weighted by molar-refractivity contribution is 5.93. The quantitative estimate of drug-likeness (QED) is 0.808. The van der Waals surface area contributed by atoms with Crippen LogP contribution in [-0.4, -0.2) is 36.8 Å². The molecule has 1 amide bonds. The molecule has 1 saturated heterocycles. The van der Waals surface area contributed by atoms with Gasteiger partial charge in [-0.05, 0) is 13.0 Å². The maximum absolute atomic E-state index is 11.9. The highest BCUT2D eigenvalue weighted by Gasteiger charge is 2.31. The van der Waals surface area contributed by atoms with Gasteiger partial charge in [-0.3, -0.25) is 4.79 Å². The van der Waals surface area contributed by atoms with Crippen molar-refractivity contribution in [1.82, 2.24) is 4.98 Å². The monoisotopic (exact) mass is 251 g/mol. The van der Waals surface area contributed by atoms with Gasteiger partial charge in [-0.25, -0.2) is 4.98 Å². The van der Waals surface area contributed by atoms with Crippen molar-refractivity contribution in [3.63, 3.8) is 0 Å². The Kier molecular flexibility index (Phi) is 4.11. The van der Waals surface area contributed by atoms with Gasteiger partial charge in [0.25, 0.3) is 0 Å². The van der Waals surface area contributed by atoms with E-state index in [1.165, 1.54) is 0 Å². The number of amides is 1. The third-order valence-corrected chi connectivity index (χ3v) is 2.76. The van der Waals surface area contributed by atoms with E-state index >= 15 is 0 Å². The van der Waals surface area contributed by atoms with Crippen LogP contribution in [0.3, 0.4) is 0 Å². The lowest BCUT2D eigenvalue weighted by molar-refractivity contribution is -0.120. The third kappa shape index (κ3) is 2.96.